The molecule has 3 aromatic rings. The van der Waals surface area contributed by atoms with Crippen LogP contribution in [0.2, 0.25) is 0 Å². The molecule has 6 nitrogen and oxygen atoms in total. The number of benzene rings is 1. The summed E-state index contributed by atoms with van der Waals surface area (Å²) in [6.07, 6.45) is 10.2. The fraction of sp³-hybridized carbons (Fsp3) is 0.318. The molecule has 0 saturated heterocycles. The quantitative estimate of drug-likeness (QED) is 0.733. The SMILES string of the molecule is NC(=O)c1cn(-c2ccccc2)c2c1CCc1cnc(NC3CCCC3)nc1-2. The van der Waals surface area contributed by atoms with Crippen LogP contribution in [0, 0.1) is 0 Å². The molecule has 1 saturated carbocycles. The minimum absolute atomic E-state index is 0.396. The summed E-state index contributed by atoms with van der Waals surface area (Å²) in [6, 6.07) is 10.5. The average molecular weight is 373 g/mol. The van der Waals surface area contributed by atoms with Gasteiger partial charge in [0.1, 0.15) is 0 Å². The van der Waals surface area contributed by atoms with E-state index in [2.05, 4.69) is 10.3 Å². The fourth-order valence-electron chi connectivity index (χ4n) is 4.44. The first-order valence-corrected chi connectivity index (χ1v) is 9.93. The van der Waals surface area contributed by atoms with Crippen LogP contribution < -0.4 is 11.1 Å². The Bertz CT molecular complexity index is 1030. The number of anilines is 1. The molecule has 0 bridgehead atoms. The first-order valence-electron chi connectivity index (χ1n) is 9.93. The molecule has 2 aliphatic rings. The third kappa shape index (κ3) is 2.85. The number of rotatable bonds is 4. The van der Waals surface area contributed by atoms with Gasteiger partial charge in [-0.1, -0.05) is 31.0 Å². The van der Waals surface area contributed by atoms with Crippen LogP contribution in [-0.4, -0.2) is 26.5 Å². The zero-order chi connectivity index (χ0) is 19.1. The molecule has 1 amide bonds. The second kappa shape index (κ2) is 6.78. The van der Waals surface area contributed by atoms with E-state index in [9.17, 15) is 4.79 Å². The van der Waals surface area contributed by atoms with Crippen molar-refractivity contribution in [1.29, 1.82) is 0 Å². The molecule has 6 heteroatoms. The lowest BCUT2D eigenvalue weighted by atomic mass is 9.92. The number of fused-ring (bicyclic) bond motifs is 3. The second-order valence-corrected chi connectivity index (χ2v) is 7.63. The molecule has 0 atom stereocenters. The average Bonchev–Trinajstić information content (AvgIpc) is 3.36. The zero-order valence-corrected chi connectivity index (χ0v) is 15.7. The number of hydrogen-bond donors (Lipinski definition) is 2. The largest absolute Gasteiger partial charge is 0.366 e. The van der Waals surface area contributed by atoms with Crippen LogP contribution in [0.1, 0.15) is 47.2 Å². The zero-order valence-electron chi connectivity index (χ0n) is 15.7. The van der Waals surface area contributed by atoms with Crippen molar-refractivity contribution in [3.8, 4) is 17.1 Å². The molecular formula is C22H23N5O. The van der Waals surface area contributed by atoms with E-state index in [0.717, 1.165) is 53.9 Å². The van der Waals surface area contributed by atoms with Gasteiger partial charge in [0.15, 0.2) is 0 Å². The van der Waals surface area contributed by atoms with Gasteiger partial charge in [0.2, 0.25) is 5.95 Å². The number of primary amides is 1. The highest BCUT2D eigenvalue weighted by Gasteiger charge is 2.28. The normalized spacial score (nSPS) is 15.9. The molecule has 2 aromatic heterocycles. The van der Waals surface area contributed by atoms with Gasteiger partial charge in [-0.3, -0.25) is 4.79 Å². The standard InChI is InChI=1S/C22H23N5O/c23-21(28)18-13-27(16-8-2-1-3-9-16)20-17(18)11-10-14-12-24-22(26-19(14)20)25-15-6-4-5-7-15/h1-3,8-9,12-13,15H,4-7,10-11H2,(H2,23,28)(H,24,25,26). The summed E-state index contributed by atoms with van der Waals surface area (Å²) < 4.78 is 2.04. The summed E-state index contributed by atoms with van der Waals surface area (Å²) in [5.41, 5.74) is 11.2. The molecule has 1 aromatic carbocycles. The minimum atomic E-state index is -0.396. The van der Waals surface area contributed by atoms with Crippen LogP contribution >= 0.6 is 0 Å². The van der Waals surface area contributed by atoms with Gasteiger partial charge in [-0.05, 0) is 48.9 Å². The molecular weight excluding hydrogens is 350 g/mol. The predicted molar refractivity (Wildman–Crippen MR) is 109 cm³/mol. The maximum absolute atomic E-state index is 12.1. The van der Waals surface area contributed by atoms with Crippen LogP contribution in [0.15, 0.2) is 42.7 Å². The van der Waals surface area contributed by atoms with Crippen LogP contribution in [0.3, 0.4) is 0 Å². The Balaban J connectivity index is 1.65. The topological polar surface area (TPSA) is 85.8 Å². The van der Waals surface area contributed by atoms with E-state index in [4.69, 9.17) is 10.7 Å². The number of amides is 1. The molecule has 3 N–H and O–H groups in total. The van der Waals surface area contributed by atoms with Crippen LogP contribution in [0.4, 0.5) is 5.95 Å². The molecule has 5 rings (SSSR count). The molecule has 0 spiro atoms. The van der Waals surface area contributed by atoms with Crippen molar-refractivity contribution in [1.82, 2.24) is 14.5 Å². The second-order valence-electron chi connectivity index (χ2n) is 7.63. The van der Waals surface area contributed by atoms with Gasteiger partial charge in [-0.25, -0.2) is 9.97 Å². The number of nitrogens with two attached hydrogens (primary N) is 1. The molecule has 28 heavy (non-hydrogen) atoms. The number of aromatic nitrogens is 3. The highest BCUT2D eigenvalue weighted by Crippen LogP contribution is 2.37. The lowest BCUT2D eigenvalue weighted by molar-refractivity contribution is 0.0999. The van der Waals surface area contributed by atoms with E-state index in [1.807, 2.05) is 47.3 Å². The molecule has 2 aliphatic carbocycles. The van der Waals surface area contributed by atoms with E-state index in [1.54, 1.807) is 0 Å². The lowest BCUT2D eigenvalue weighted by Gasteiger charge is -2.20. The molecule has 0 aliphatic heterocycles. The van der Waals surface area contributed by atoms with Crippen molar-refractivity contribution >= 4 is 11.9 Å². The lowest BCUT2D eigenvalue weighted by Crippen LogP contribution is -2.19. The maximum Gasteiger partial charge on any atom is 0.250 e. The predicted octanol–water partition coefficient (Wildman–Crippen LogP) is 3.49. The summed E-state index contributed by atoms with van der Waals surface area (Å²) in [6.45, 7) is 0. The van der Waals surface area contributed by atoms with Gasteiger partial charge >= 0.3 is 0 Å². The van der Waals surface area contributed by atoms with Crippen molar-refractivity contribution < 1.29 is 4.79 Å². The van der Waals surface area contributed by atoms with Crippen molar-refractivity contribution in [2.75, 3.05) is 5.32 Å². The number of carbonyl (C=O) groups excluding carboxylic acids is 1. The van der Waals surface area contributed by atoms with E-state index < -0.39 is 5.91 Å². The molecule has 0 radical (unpaired) electrons. The van der Waals surface area contributed by atoms with E-state index in [-0.39, 0.29) is 0 Å². The number of para-hydroxylation sites is 1. The highest BCUT2D eigenvalue weighted by molar-refractivity contribution is 5.97. The Labute approximate surface area is 163 Å². The summed E-state index contributed by atoms with van der Waals surface area (Å²) in [5, 5.41) is 3.49. The highest BCUT2D eigenvalue weighted by atomic mass is 16.1. The van der Waals surface area contributed by atoms with Gasteiger partial charge in [-0.2, -0.15) is 0 Å². The Morgan fingerprint density at radius 1 is 1.14 bits per heavy atom. The van der Waals surface area contributed by atoms with Gasteiger partial charge < -0.3 is 15.6 Å². The van der Waals surface area contributed by atoms with Crippen LogP contribution in [-0.2, 0) is 12.8 Å². The number of nitrogens with zero attached hydrogens (tertiary/aromatic N) is 3. The number of carbonyl (C=O) groups is 1. The van der Waals surface area contributed by atoms with E-state index in [1.165, 1.54) is 12.8 Å². The van der Waals surface area contributed by atoms with Crippen molar-refractivity contribution in [2.45, 2.75) is 44.6 Å². The van der Waals surface area contributed by atoms with Gasteiger partial charge in [0, 0.05) is 24.1 Å². The first kappa shape index (κ1) is 17.0. The molecule has 142 valence electrons. The fourth-order valence-corrected chi connectivity index (χ4v) is 4.44. The summed E-state index contributed by atoms with van der Waals surface area (Å²) in [4.78, 5) is 21.5. The Morgan fingerprint density at radius 2 is 1.93 bits per heavy atom. The number of nitrogens with one attached hydrogen (secondary N) is 1. The van der Waals surface area contributed by atoms with Gasteiger partial charge in [0.05, 0.1) is 17.0 Å². The molecule has 0 unspecified atom stereocenters. The van der Waals surface area contributed by atoms with Gasteiger partial charge in [-0.15, -0.1) is 0 Å². The number of hydrogen-bond acceptors (Lipinski definition) is 4. The maximum atomic E-state index is 12.1. The van der Waals surface area contributed by atoms with Crippen molar-refractivity contribution in [3.63, 3.8) is 0 Å². The van der Waals surface area contributed by atoms with E-state index in [0.29, 0.717) is 17.6 Å². The number of aryl methyl sites for hydroxylation is 1. The van der Waals surface area contributed by atoms with Crippen molar-refractivity contribution in [3.05, 3.63) is 59.4 Å². The summed E-state index contributed by atoms with van der Waals surface area (Å²) in [7, 11) is 0. The van der Waals surface area contributed by atoms with E-state index >= 15 is 0 Å². The van der Waals surface area contributed by atoms with Gasteiger partial charge in [0.25, 0.3) is 5.91 Å². The third-order valence-corrected chi connectivity index (χ3v) is 5.83. The Morgan fingerprint density at radius 3 is 2.68 bits per heavy atom. The van der Waals surface area contributed by atoms with Crippen LogP contribution in [0.5, 0.6) is 0 Å². The Hall–Kier alpha value is -3.15. The smallest absolute Gasteiger partial charge is 0.250 e. The van der Waals surface area contributed by atoms with Crippen LogP contribution in [0.25, 0.3) is 17.1 Å². The minimum Gasteiger partial charge on any atom is -0.366 e. The molecule has 2 heterocycles. The molecule has 1 fully saturated rings. The Kier molecular flexibility index (Phi) is 4.11. The summed E-state index contributed by atoms with van der Waals surface area (Å²) >= 11 is 0. The first-order chi connectivity index (χ1) is 13.7. The third-order valence-electron chi connectivity index (χ3n) is 5.83. The monoisotopic (exact) mass is 373 g/mol. The summed E-state index contributed by atoms with van der Waals surface area (Å²) in [5.74, 6) is 0.271. The van der Waals surface area contributed by atoms with Crippen molar-refractivity contribution in [2.24, 2.45) is 5.73 Å².